The number of rotatable bonds is 8. The largest absolute Gasteiger partial charge is 0.497 e. The van der Waals surface area contributed by atoms with Crippen LogP contribution in [0.5, 0.6) is 11.5 Å². The highest BCUT2D eigenvalue weighted by Gasteiger charge is 2.10. The van der Waals surface area contributed by atoms with Gasteiger partial charge in [-0.15, -0.1) is 0 Å². The molecule has 1 aromatic carbocycles. The Hall–Kier alpha value is -2.76. The molecule has 0 aliphatic rings. The van der Waals surface area contributed by atoms with Crippen molar-refractivity contribution in [2.45, 2.75) is 6.42 Å². The first kappa shape index (κ1) is 15.6. The predicted octanol–water partition coefficient (Wildman–Crippen LogP) is 2.22. The van der Waals surface area contributed by atoms with Gasteiger partial charge in [-0.25, -0.2) is 0 Å². The molecule has 1 heterocycles. The molecule has 0 aliphatic carbocycles. The SMILES string of the molecule is COc1ccc(OCCC(=O)OCC(=O)c2ccc[nH]2)cc1. The Balaban J connectivity index is 1.66. The lowest BCUT2D eigenvalue weighted by molar-refractivity contribution is -0.143. The van der Waals surface area contributed by atoms with Crippen molar-refractivity contribution in [1.29, 1.82) is 0 Å². The van der Waals surface area contributed by atoms with Crippen molar-refractivity contribution in [1.82, 2.24) is 4.98 Å². The summed E-state index contributed by atoms with van der Waals surface area (Å²) in [6.07, 6.45) is 1.71. The molecule has 0 saturated carbocycles. The van der Waals surface area contributed by atoms with Gasteiger partial charge in [0.05, 0.1) is 25.8 Å². The maximum atomic E-state index is 11.6. The van der Waals surface area contributed by atoms with Crippen molar-refractivity contribution in [3.05, 3.63) is 48.3 Å². The first-order valence-corrected chi connectivity index (χ1v) is 6.78. The molecule has 1 aromatic heterocycles. The third-order valence-corrected chi connectivity index (χ3v) is 2.90. The fraction of sp³-hybridized carbons (Fsp3) is 0.250. The van der Waals surface area contributed by atoms with E-state index in [4.69, 9.17) is 14.2 Å². The van der Waals surface area contributed by atoms with Gasteiger partial charge in [0, 0.05) is 6.20 Å². The summed E-state index contributed by atoms with van der Waals surface area (Å²) in [5, 5.41) is 0. The number of methoxy groups -OCH3 is 1. The van der Waals surface area contributed by atoms with Crippen molar-refractivity contribution in [2.24, 2.45) is 0 Å². The van der Waals surface area contributed by atoms with Crippen LogP contribution in [0.1, 0.15) is 16.9 Å². The average Bonchev–Trinajstić information content (AvgIpc) is 3.08. The summed E-state index contributed by atoms with van der Waals surface area (Å²) in [6, 6.07) is 10.4. The number of ether oxygens (including phenoxy) is 3. The van der Waals surface area contributed by atoms with Gasteiger partial charge < -0.3 is 19.2 Å². The van der Waals surface area contributed by atoms with E-state index in [-0.39, 0.29) is 25.4 Å². The van der Waals surface area contributed by atoms with Crippen LogP contribution in [-0.2, 0) is 9.53 Å². The van der Waals surface area contributed by atoms with Crippen LogP contribution in [0.4, 0.5) is 0 Å². The number of esters is 1. The number of aromatic amines is 1. The summed E-state index contributed by atoms with van der Waals surface area (Å²) in [4.78, 5) is 25.9. The Kier molecular flexibility index (Phi) is 5.59. The van der Waals surface area contributed by atoms with Crippen LogP contribution in [0, 0.1) is 0 Å². The molecule has 1 N–H and O–H groups in total. The Morgan fingerprint density at radius 2 is 1.82 bits per heavy atom. The molecule has 0 saturated heterocycles. The molecule has 0 spiro atoms. The number of benzene rings is 1. The molecule has 22 heavy (non-hydrogen) atoms. The maximum Gasteiger partial charge on any atom is 0.309 e. The van der Waals surface area contributed by atoms with Crippen molar-refractivity contribution in [2.75, 3.05) is 20.3 Å². The van der Waals surface area contributed by atoms with Crippen molar-refractivity contribution in [3.8, 4) is 11.5 Å². The van der Waals surface area contributed by atoms with E-state index < -0.39 is 5.97 Å². The van der Waals surface area contributed by atoms with E-state index >= 15 is 0 Å². The van der Waals surface area contributed by atoms with Gasteiger partial charge in [0.25, 0.3) is 0 Å². The molecule has 0 bridgehead atoms. The highest BCUT2D eigenvalue weighted by atomic mass is 16.5. The molecule has 0 radical (unpaired) electrons. The Morgan fingerprint density at radius 1 is 1.09 bits per heavy atom. The zero-order valence-electron chi connectivity index (χ0n) is 12.2. The Labute approximate surface area is 128 Å². The third-order valence-electron chi connectivity index (χ3n) is 2.90. The highest BCUT2D eigenvalue weighted by Crippen LogP contribution is 2.17. The summed E-state index contributed by atoms with van der Waals surface area (Å²) in [7, 11) is 1.58. The van der Waals surface area contributed by atoms with Crippen LogP contribution in [0.3, 0.4) is 0 Å². The fourth-order valence-electron chi connectivity index (χ4n) is 1.72. The van der Waals surface area contributed by atoms with Gasteiger partial charge in [-0.05, 0) is 36.4 Å². The number of ketones is 1. The van der Waals surface area contributed by atoms with Crippen LogP contribution in [0.2, 0.25) is 0 Å². The molecule has 2 aromatic rings. The van der Waals surface area contributed by atoms with Crippen LogP contribution in [-0.4, -0.2) is 37.1 Å². The number of hydrogen-bond acceptors (Lipinski definition) is 5. The first-order chi connectivity index (χ1) is 10.7. The van der Waals surface area contributed by atoms with Crippen molar-refractivity contribution in [3.63, 3.8) is 0 Å². The van der Waals surface area contributed by atoms with Gasteiger partial charge in [0.15, 0.2) is 6.61 Å². The van der Waals surface area contributed by atoms with Crippen LogP contribution < -0.4 is 9.47 Å². The first-order valence-electron chi connectivity index (χ1n) is 6.78. The van der Waals surface area contributed by atoms with E-state index in [9.17, 15) is 9.59 Å². The Morgan fingerprint density at radius 3 is 2.45 bits per heavy atom. The van der Waals surface area contributed by atoms with E-state index in [1.54, 1.807) is 49.7 Å². The standard InChI is InChI=1S/C16H17NO5/c1-20-12-4-6-13(7-5-12)21-10-8-16(19)22-11-15(18)14-3-2-9-17-14/h2-7,9,17H,8,10-11H2,1H3. The number of nitrogens with one attached hydrogen (secondary N) is 1. The second-order valence-electron chi connectivity index (χ2n) is 4.44. The number of hydrogen-bond donors (Lipinski definition) is 1. The highest BCUT2D eigenvalue weighted by molar-refractivity contribution is 5.96. The van der Waals surface area contributed by atoms with E-state index in [0.29, 0.717) is 11.4 Å². The molecule has 2 rings (SSSR count). The number of H-pyrrole nitrogens is 1. The van der Waals surface area contributed by atoms with Crippen LogP contribution in [0.15, 0.2) is 42.6 Å². The summed E-state index contributed by atoms with van der Waals surface area (Å²) in [5.41, 5.74) is 0.419. The summed E-state index contributed by atoms with van der Waals surface area (Å²) < 4.78 is 15.3. The van der Waals surface area contributed by atoms with E-state index in [0.717, 1.165) is 5.75 Å². The van der Waals surface area contributed by atoms with Crippen LogP contribution in [0.25, 0.3) is 0 Å². The summed E-state index contributed by atoms with van der Waals surface area (Å²) in [5.74, 6) is 0.619. The van der Waals surface area contributed by atoms with E-state index in [2.05, 4.69) is 4.98 Å². The number of carbonyl (C=O) groups excluding carboxylic acids is 2. The average molecular weight is 303 g/mol. The van der Waals surface area contributed by atoms with Crippen molar-refractivity contribution < 1.29 is 23.8 Å². The molecule has 6 nitrogen and oxygen atoms in total. The van der Waals surface area contributed by atoms with E-state index in [1.165, 1.54) is 0 Å². The molecule has 0 fully saturated rings. The minimum absolute atomic E-state index is 0.0734. The maximum absolute atomic E-state index is 11.6. The second-order valence-corrected chi connectivity index (χ2v) is 4.44. The summed E-state index contributed by atoms with van der Waals surface area (Å²) in [6.45, 7) is -0.0935. The predicted molar refractivity (Wildman–Crippen MR) is 79.2 cm³/mol. The molecule has 6 heteroatoms. The third kappa shape index (κ3) is 4.66. The zero-order valence-corrected chi connectivity index (χ0v) is 12.2. The van der Waals surface area contributed by atoms with Crippen LogP contribution >= 0.6 is 0 Å². The minimum Gasteiger partial charge on any atom is -0.497 e. The molecule has 0 unspecified atom stereocenters. The second kappa shape index (κ2) is 7.87. The molecule has 0 aliphatic heterocycles. The Bertz CT molecular complexity index is 604. The van der Waals surface area contributed by atoms with Crippen molar-refractivity contribution >= 4 is 11.8 Å². The fourth-order valence-corrected chi connectivity index (χ4v) is 1.72. The normalized spacial score (nSPS) is 10.0. The molecular weight excluding hydrogens is 286 g/mol. The number of Topliss-reactive ketones (excluding diaryl/α,β-unsaturated/α-hetero) is 1. The monoisotopic (exact) mass is 303 g/mol. The lowest BCUT2D eigenvalue weighted by atomic mass is 10.3. The molecule has 0 amide bonds. The number of aromatic nitrogens is 1. The van der Waals surface area contributed by atoms with Gasteiger partial charge in [0.2, 0.25) is 5.78 Å². The van der Waals surface area contributed by atoms with Gasteiger partial charge >= 0.3 is 5.97 Å². The smallest absolute Gasteiger partial charge is 0.309 e. The molecule has 116 valence electrons. The van der Waals surface area contributed by atoms with Gasteiger partial charge in [-0.2, -0.15) is 0 Å². The molecular formula is C16H17NO5. The lowest BCUT2D eigenvalue weighted by Crippen LogP contribution is -2.16. The minimum atomic E-state index is -0.478. The zero-order chi connectivity index (χ0) is 15.8. The number of carbonyl (C=O) groups is 2. The lowest BCUT2D eigenvalue weighted by Gasteiger charge is -2.07. The summed E-state index contributed by atoms with van der Waals surface area (Å²) >= 11 is 0. The molecule has 0 atom stereocenters. The van der Waals surface area contributed by atoms with E-state index in [1.807, 2.05) is 0 Å². The van der Waals surface area contributed by atoms with Gasteiger partial charge in [0.1, 0.15) is 11.5 Å². The topological polar surface area (TPSA) is 77.6 Å². The quantitative estimate of drug-likeness (QED) is 0.597. The van der Waals surface area contributed by atoms with Gasteiger partial charge in [-0.1, -0.05) is 0 Å². The van der Waals surface area contributed by atoms with Gasteiger partial charge in [-0.3, -0.25) is 9.59 Å².